The van der Waals surface area contributed by atoms with E-state index >= 15 is 0 Å². The van der Waals surface area contributed by atoms with Gasteiger partial charge in [-0.2, -0.15) is 0 Å². The monoisotopic (exact) mass is 282 g/mol. The Morgan fingerprint density at radius 3 is 2.55 bits per heavy atom. The zero-order chi connectivity index (χ0) is 15.3. The van der Waals surface area contributed by atoms with Crippen molar-refractivity contribution in [1.29, 1.82) is 0 Å². The van der Waals surface area contributed by atoms with E-state index in [1.54, 1.807) is 19.1 Å². The average Bonchev–Trinajstić information content (AvgIpc) is 2.31. The van der Waals surface area contributed by atoms with Gasteiger partial charge in [0.15, 0.2) is 17.7 Å². The summed E-state index contributed by atoms with van der Waals surface area (Å²) in [6.45, 7) is 7.15. The van der Waals surface area contributed by atoms with Gasteiger partial charge in [-0.3, -0.25) is 4.79 Å². The van der Waals surface area contributed by atoms with Crippen LogP contribution in [0.5, 0.6) is 5.75 Å². The third kappa shape index (κ3) is 4.81. The topological polar surface area (TPSA) is 64.3 Å². The predicted molar refractivity (Wildman–Crippen MR) is 77.1 cm³/mol. The van der Waals surface area contributed by atoms with E-state index in [4.69, 9.17) is 10.5 Å². The van der Waals surface area contributed by atoms with Crippen LogP contribution >= 0.6 is 0 Å². The minimum Gasteiger partial charge on any atom is -0.478 e. The number of hydrogen-bond acceptors (Lipinski definition) is 3. The van der Waals surface area contributed by atoms with E-state index in [-0.39, 0.29) is 23.7 Å². The first kappa shape index (κ1) is 16.4. The Kier molecular flexibility index (Phi) is 5.95. The normalized spacial score (nSPS) is 13.9. The Hall–Kier alpha value is -1.62. The lowest BCUT2D eigenvalue weighted by Crippen LogP contribution is -2.40. The van der Waals surface area contributed by atoms with Gasteiger partial charge in [0.05, 0.1) is 0 Å². The molecule has 2 unspecified atom stereocenters. The van der Waals surface area contributed by atoms with Gasteiger partial charge in [-0.25, -0.2) is 4.39 Å². The van der Waals surface area contributed by atoms with Gasteiger partial charge in [-0.05, 0) is 45.7 Å². The minimum absolute atomic E-state index is 0.0118. The van der Waals surface area contributed by atoms with Gasteiger partial charge in [0.2, 0.25) is 0 Å². The highest BCUT2D eigenvalue weighted by molar-refractivity contribution is 5.80. The molecule has 4 nitrogen and oxygen atoms in total. The van der Waals surface area contributed by atoms with Crippen molar-refractivity contribution in [3.05, 3.63) is 29.6 Å². The second-order valence-electron chi connectivity index (χ2n) is 5.33. The van der Waals surface area contributed by atoms with Crippen molar-refractivity contribution < 1.29 is 13.9 Å². The molecule has 0 radical (unpaired) electrons. The molecule has 1 aromatic rings. The fraction of sp³-hybridized carbons (Fsp3) is 0.533. The van der Waals surface area contributed by atoms with E-state index in [9.17, 15) is 9.18 Å². The van der Waals surface area contributed by atoms with Crippen LogP contribution in [0, 0.1) is 5.82 Å². The SMILES string of the molecule is CC(N)Cc1cccc(F)c1OC(C)C(=O)NC(C)C. The summed E-state index contributed by atoms with van der Waals surface area (Å²) in [6.07, 6.45) is -0.271. The molecule has 112 valence electrons. The first-order chi connectivity index (χ1) is 9.31. The van der Waals surface area contributed by atoms with Crippen LogP contribution in [-0.4, -0.2) is 24.1 Å². The first-order valence-corrected chi connectivity index (χ1v) is 6.81. The van der Waals surface area contributed by atoms with Crippen LogP contribution < -0.4 is 15.8 Å². The molecule has 0 saturated carbocycles. The molecule has 0 aromatic heterocycles. The van der Waals surface area contributed by atoms with E-state index in [1.807, 2.05) is 20.8 Å². The lowest BCUT2D eigenvalue weighted by Gasteiger charge is -2.19. The Morgan fingerprint density at radius 1 is 1.35 bits per heavy atom. The van der Waals surface area contributed by atoms with Gasteiger partial charge >= 0.3 is 0 Å². The zero-order valence-electron chi connectivity index (χ0n) is 12.4. The molecule has 0 bridgehead atoms. The van der Waals surface area contributed by atoms with Gasteiger partial charge in [0.25, 0.3) is 5.91 Å². The van der Waals surface area contributed by atoms with Gasteiger partial charge in [-0.15, -0.1) is 0 Å². The highest BCUT2D eigenvalue weighted by atomic mass is 19.1. The second kappa shape index (κ2) is 7.24. The number of para-hydroxylation sites is 1. The molecule has 1 amide bonds. The van der Waals surface area contributed by atoms with Gasteiger partial charge < -0.3 is 15.8 Å². The number of nitrogens with one attached hydrogen (secondary N) is 1. The van der Waals surface area contributed by atoms with Crippen LogP contribution in [-0.2, 0) is 11.2 Å². The summed E-state index contributed by atoms with van der Waals surface area (Å²) in [4.78, 5) is 11.8. The average molecular weight is 282 g/mol. The molecule has 0 aliphatic carbocycles. The number of nitrogens with two attached hydrogens (primary N) is 1. The van der Waals surface area contributed by atoms with Crippen molar-refractivity contribution in [2.45, 2.75) is 52.3 Å². The Bertz CT molecular complexity index is 461. The number of ether oxygens (including phenoxy) is 1. The van der Waals surface area contributed by atoms with Crippen molar-refractivity contribution in [2.75, 3.05) is 0 Å². The van der Waals surface area contributed by atoms with E-state index in [0.29, 0.717) is 12.0 Å². The standard InChI is InChI=1S/C15H23FN2O2/c1-9(2)18-15(19)11(4)20-14-12(8-10(3)17)6-5-7-13(14)16/h5-7,9-11H,8,17H2,1-4H3,(H,18,19). The lowest BCUT2D eigenvalue weighted by molar-refractivity contribution is -0.127. The molecule has 0 heterocycles. The summed E-state index contributed by atoms with van der Waals surface area (Å²) >= 11 is 0. The lowest BCUT2D eigenvalue weighted by atomic mass is 10.1. The van der Waals surface area contributed by atoms with Crippen LogP contribution in [0.25, 0.3) is 0 Å². The summed E-state index contributed by atoms with van der Waals surface area (Å²) in [5, 5.41) is 2.73. The summed E-state index contributed by atoms with van der Waals surface area (Å²) < 4.78 is 19.4. The van der Waals surface area contributed by atoms with Crippen molar-refractivity contribution in [3.8, 4) is 5.75 Å². The van der Waals surface area contributed by atoms with E-state index in [0.717, 1.165) is 0 Å². The maximum Gasteiger partial charge on any atom is 0.260 e. The molecule has 20 heavy (non-hydrogen) atoms. The van der Waals surface area contributed by atoms with Crippen molar-refractivity contribution >= 4 is 5.91 Å². The van der Waals surface area contributed by atoms with E-state index in [1.165, 1.54) is 6.07 Å². The summed E-state index contributed by atoms with van der Waals surface area (Å²) in [5.41, 5.74) is 6.41. The van der Waals surface area contributed by atoms with Crippen LogP contribution in [0.15, 0.2) is 18.2 Å². The van der Waals surface area contributed by atoms with Crippen LogP contribution in [0.1, 0.15) is 33.3 Å². The number of carbonyl (C=O) groups is 1. The molecule has 0 spiro atoms. The fourth-order valence-corrected chi connectivity index (χ4v) is 1.83. The number of amides is 1. The van der Waals surface area contributed by atoms with Crippen LogP contribution in [0.3, 0.4) is 0 Å². The summed E-state index contributed by atoms with van der Waals surface area (Å²) in [7, 11) is 0. The Morgan fingerprint density at radius 2 is 2.00 bits per heavy atom. The van der Waals surface area contributed by atoms with Crippen LogP contribution in [0.4, 0.5) is 4.39 Å². The maximum atomic E-state index is 13.9. The molecule has 1 rings (SSSR count). The third-order valence-corrected chi connectivity index (χ3v) is 2.69. The third-order valence-electron chi connectivity index (χ3n) is 2.69. The molecule has 0 aliphatic heterocycles. The Balaban J connectivity index is 2.87. The molecule has 0 saturated heterocycles. The quantitative estimate of drug-likeness (QED) is 0.839. The molecular weight excluding hydrogens is 259 g/mol. The predicted octanol–water partition coefficient (Wildman–Crippen LogP) is 2.01. The van der Waals surface area contributed by atoms with E-state index in [2.05, 4.69) is 5.32 Å². The van der Waals surface area contributed by atoms with E-state index < -0.39 is 11.9 Å². The minimum atomic E-state index is -0.763. The molecule has 5 heteroatoms. The van der Waals surface area contributed by atoms with Crippen molar-refractivity contribution in [3.63, 3.8) is 0 Å². The number of benzene rings is 1. The molecule has 2 atom stereocenters. The van der Waals surface area contributed by atoms with Crippen LogP contribution in [0.2, 0.25) is 0 Å². The molecule has 0 aliphatic rings. The summed E-state index contributed by atoms with van der Waals surface area (Å²) in [6, 6.07) is 4.58. The maximum absolute atomic E-state index is 13.9. The zero-order valence-corrected chi connectivity index (χ0v) is 12.4. The molecule has 0 fully saturated rings. The smallest absolute Gasteiger partial charge is 0.260 e. The summed E-state index contributed by atoms with van der Waals surface area (Å²) in [5.74, 6) is -0.640. The highest BCUT2D eigenvalue weighted by Crippen LogP contribution is 2.25. The van der Waals surface area contributed by atoms with Crippen molar-refractivity contribution in [1.82, 2.24) is 5.32 Å². The van der Waals surface area contributed by atoms with Crippen molar-refractivity contribution in [2.24, 2.45) is 5.73 Å². The van der Waals surface area contributed by atoms with Gasteiger partial charge in [-0.1, -0.05) is 12.1 Å². The largest absolute Gasteiger partial charge is 0.478 e. The first-order valence-electron chi connectivity index (χ1n) is 6.81. The second-order valence-corrected chi connectivity index (χ2v) is 5.33. The number of halogens is 1. The highest BCUT2D eigenvalue weighted by Gasteiger charge is 2.19. The van der Waals surface area contributed by atoms with Gasteiger partial charge in [0.1, 0.15) is 0 Å². The Labute approximate surface area is 119 Å². The molecular formula is C15H23FN2O2. The van der Waals surface area contributed by atoms with Gasteiger partial charge in [0, 0.05) is 12.1 Å². The fourth-order valence-electron chi connectivity index (χ4n) is 1.83. The number of hydrogen-bond donors (Lipinski definition) is 2. The number of carbonyl (C=O) groups excluding carboxylic acids is 1. The number of rotatable bonds is 6. The molecule has 1 aromatic carbocycles. The molecule has 3 N–H and O–H groups in total.